The van der Waals surface area contributed by atoms with Gasteiger partial charge in [0.15, 0.2) is 11.6 Å². The minimum absolute atomic E-state index is 0.196. The van der Waals surface area contributed by atoms with Gasteiger partial charge in [-0.3, -0.25) is 0 Å². The predicted octanol–water partition coefficient (Wildman–Crippen LogP) is 3.46. The van der Waals surface area contributed by atoms with Gasteiger partial charge in [0.1, 0.15) is 11.6 Å². The summed E-state index contributed by atoms with van der Waals surface area (Å²) in [7, 11) is 0. The first kappa shape index (κ1) is 12.5. The zero-order valence-corrected chi connectivity index (χ0v) is 10.3. The molecule has 0 aliphatic heterocycles. The van der Waals surface area contributed by atoms with Gasteiger partial charge in [-0.15, -0.1) is 0 Å². The summed E-state index contributed by atoms with van der Waals surface area (Å²) in [6.45, 7) is 3.54. The molecule has 0 atom stereocenters. The maximum atomic E-state index is 13.8. The lowest BCUT2D eigenvalue weighted by Crippen LogP contribution is -1.95. The third kappa shape index (κ3) is 2.08. The third-order valence-electron chi connectivity index (χ3n) is 2.81. The molecule has 2 N–H and O–H groups in total. The fraction of sp³-hybridized carbons (Fsp3) is 0.308. The van der Waals surface area contributed by atoms with Crippen LogP contribution in [0.4, 0.5) is 14.6 Å². The lowest BCUT2D eigenvalue weighted by Gasteiger charge is -2.04. The van der Waals surface area contributed by atoms with Crippen LogP contribution >= 0.6 is 0 Å². The number of nitrogens with zero attached hydrogens (tertiary/aromatic N) is 1. The Morgan fingerprint density at radius 3 is 2.67 bits per heavy atom. The molecule has 3 nitrogen and oxygen atoms in total. The van der Waals surface area contributed by atoms with Crippen molar-refractivity contribution in [3.8, 4) is 11.3 Å². The van der Waals surface area contributed by atoms with E-state index in [0.717, 1.165) is 12.5 Å². The minimum atomic E-state index is -0.674. The number of hydrogen-bond donors (Lipinski definition) is 1. The Hall–Kier alpha value is -1.91. The monoisotopic (exact) mass is 252 g/mol. The van der Waals surface area contributed by atoms with E-state index in [2.05, 4.69) is 5.16 Å². The normalized spacial score (nSPS) is 10.9. The summed E-state index contributed by atoms with van der Waals surface area (Å²) in [4.78, 5) is 0. The third-order valence-corrected chi connectivity index (χ3v) is 2.81. The quantitative estimate of drug-likeness (QED) is 0.910. The van der Waals surface area contributed by atoms with E-state index in [4.69, 9.17) is 10.3 Å². The largest absolute Gasteiger partial charge is 0.381 e. The van der Waals surface area contributed by atoms with E-state index in [1.165, 1.54) is 6.07 Å². The van der Waals surface area contributed by atoms with Gasteiger partial charge in [-0.1, -0.05) is 18.5 Å². The molecule has 0 bridgehead atoms. The second-order valence-electron chi connectivity index (χ2n) is 4.21. The van der Waals surface area contributed by atoms with Crippen LogP contribution < -0.4 is 5.73 Å². The molecule has 0 saturated heterocycles. The molecular formula is C13H14F2N2O. The van der Waals surface area contributed by atoms with E-state index in [9.17, 15) is 8.78 Å². The van der Waals surface area contributed by atoms with Crippen LogP contribution in [-0.2, 0) is 6.42 Å². The molecule has 2 rings (SSSR count). The Morgan fingerprint density at radius 1 is 1.28 bits per heavy atom. The number of nitrogen functional groups attached to an aromatic ring is 1. The number of halogens is 2. The summed E-state index contributed by atoms with van der Waals surface area (Å²) in [6.07, 6.45) is 1.47. The van der Waals surface area contributed by atoms with Crippen LogP contribution in [0, 0.1) is 18.6 Å². The van der Waals surface area contributed by atoms with E-state index in [-0.39, 0.29) is 17.1 Å². The Labute approximate surface area is 104 Å². The number of hydrogen-bond acceptors (Lipinski definition) is 3. The van der Waals surface area contributed by atoms with Crippen molar-refractivity contribution in [2.75, 3.05) is 5.73 Å². The van der Waals surface area contributed by atoms with Crippen LogP contribution in [-0.4, -0.2) is 5.16 Å². The van der Waals surface area contributed by atoms with E-state index in [1.807, 2.05) is 6.92 Å². The zero-order chi connectivity index (χ0) is 13.3. The molecule has 2 aromatic rings. The first-order valence-electron chi connectivity index (χ1n) is 5.74. The fourth-order valence-electron chi connectivity index (χ4n) is 1.86. The molecule has 0 unspecified atom stereocenters. The molecule has 5 heteroatoms. The van der Waals surface area contributed by atoms with Gasteiger partial charge in [0.05, 0.1) is 5.56 Å². The van der Waals surface area contributed by atoms with Gasteiger partial charge in [-0.25, -0.2) is 8.78 Å². The summed E-state index contributed by atoms with van der Waals surface area (Å²) in [5, 5.41) is 3.65. The standard InChI is InChI=1S/C13H14F2N2O/c1-3-4-8-12(18-17-13(8)16)9-5-7(2)10(14)6-11(9)15/h5-6H,3-4H2,1-2H3,(H2,16,17). The predicted molar refractivity (Wildman–Crippen MR) is 65.0 cm³/mol. The van der Waals surface area contributed by atoms with Crippen molar-refractivity contribution < 1.29 is 13.3 Å². The maximum absolute atomic E-state index is 13.8. The van der Waals surface area contributed by atoms with Crippen LogP contribution in [0.15, 0.2) is 16.7 Å². The van der Waals surface area contributed by atoms with E-state index in [1.54, 1.807) is 6.92 Å². The lowest BCUT2D eigenvalue weighted by molar-refractivity contribution is 0.432. The molecule has 1 aromatic heterocycles. The van der Waals surface area contributed by atoms with E-state index >= 15 is 0 Å². The minimum Gasteiger partial charge on any atom is -0.381 e. The molecule has 0 fully saturated rings. The van der Waals surface area contributed by atoms with Gasteiger partial charge in [0.2, 0.25) is 0 Å². The molecule has 0 amide bonds. The lowest BCUT2D eigenvalue weighted by atomic mass is 10.0. The summed E-state index contributed by atoms with van der Waals surface area (Å²) in [5.41, 5.74) is 6.90. The van der Waals surface area contributed by atoms with Crippen LogP contribution in [0.2, 0.25) is 0 Å². The molecular weight excluding hydrogens is 238 g/mol. The number of aromatic nitrogens is 1. The zero-order valence-electron chi connectivity index (χ0n) is 10.3. The Balaban J connectivity index is 2.58. The first-order valence-corrected chi connectivity index (χ1v) is 5.74. The molecule has 0 spiro atoms. The maximum Gasteiger partial charge on any atom is 0.175 e. The van der Waals surface area contributed by atoms with Crippen LogP contribution in [0.25, 0.3) is 11.3 Å². The van der Waals surface area contributed by atoms with Crippen molar-refractivity contribution in [2.24, 2.45) is 0 Å². The first-order chi connectivity index (χ1) is 8.54. The molecule has 0 saturated carbocycles. The van der Waals surface area contributed by atoms with Crippen molar-refractivity contribution in [2.45, 2.75) is 26.7 Å². The molecule has 0 radical (unpaired) electrons. The molecule has 1 aromatic carbocycles. The smallest absolute Gasteiger partial charge is 0.175 e. The second kappa shape index (κ2) is 4.76. The van der Waals surface area contributed by atoms with E-state index in [0.29, 0.717) is 17.5 Å². The molecule has 0 aliphatic rings. The van der Waals surface area contributed by atoms with E-state index < -0.39 is 11.6 Å². The van der Waals surface area contributed by atoms with Gasteiger partial charge >= 0.3 is 0 Å². The Morgan fingerprint density at radius 2 is 2.00 bits per heavy atom. The molecule has 0 aliphatic carbocycles. The van der Waals surface area contributed by atoms with Gasteiger partial charge in [0.25, 0.3) is 0 Å². The molecule has 1 heterocycles. The summed E-state index contributed by atoms with van der Waals surface area (Å²) in [6, 6.07) is 2.25. The van der Waals surface area contributed by atoms with Crippen LogP contribution in [0.3, 0.4) is 0 Å². The summed E-state index contributed by atoms with van der Waals surface area (Å²) in [5.74, 6) is -0.712. The molecule has 96 valence electrons. The average Bonchev–Trinajstić information content (AvgIpc) is 2.67. The van der Waals surface area contributed by atoms with Gasteiger partial charge < -0.3 is 10.3 Å². The number of rotatable bonds is 3. The number of aryl methyl sites for hydroxylation is 1. The second-order valence-corrected chi connectivity index (χ2v) is 4.21. The highest BCUT2D eigenvalue weighted by atomic mass is 19.1. The van der Waals surface area contributed by atoms with Crippen LogP contribution in [0.1, 0.15) is 24.5 Å². The highest BCUT2D eigenvalue weighted by molar-refractivity contribution is 5.67. The topological polar surface area (TPSA) is 52.0 Å². The average molecular weight is 252 g/mol. The SMILES string of the molecule is CCCc1c(N)noc1-c1cc(C)c(F)cc1F. The van der Waals surface area contributed by atoms with Crippen LogP contribution in [0.5, 0.6) is 0 Å². The fourth-order valence-corrected chi connectivity index (χ4v) is 1.86. The van der Waals surface area contributed by atoms with Crippen molar-refractivity contribution in [3.05, 3.63) is 34.9 Å². The Bertz CT molecular complexity index is 579. The number of nitrogens with two attached hydrogens (primary N) is 1. The van der Waals surface area contributed by atoms with Crippen molar-refractivity contribution >= 4 is 5.82 Å². The molecule has 18 heavy (non-hydrogen) atoms. The van der Waals surface area contributed by atoms with Crippen molar-refractivity contribution in [1.82, 2.24) is 5.16 Å². The van der Waals surface area contributed by atoms with Gasteiger partial charge in [-0.2, -0.15) is 0 Å². The highest BCUT2D eigenvalue weighted by Crippen LogP contribution is 2.32. The number of anilines is 1. The summed E-state index contributed by atoms with van der Waals surface area (Å²) >= 11 is 0. The highest BCUT2D eigenvalue weighted by Gasteiger charge is 2.19. The number of benzene rings is 1. The summed E-state index contributed by atoms with van der Waals surface area (Å²) < 4.78 is 32.1. The van der Waals surface area contributed by atoms with Crippen molar-refractivity contribution in [3.63, 3.8) is 0 Å². The van der Waals surface area contributed by atoms with Gasteiger partial charge in [0, 0.05) is 11.6 Å². The van der Waals surface area contributed by atoms with Gasteiger partial charge in [-0.05, 0) is 25.0 Å². The van der Waals surface area contributed by atoms with Crippen molar-refractivity contribution in [1.29, 1.82) is 0 Å². The Kier molecular flexibility index (Phi) is 3.32.